The zero-order chi connectivity index (χ0) is 19.9. The Labute approximate surface area is 165 Å². The van der Waals surface area contributed by atoms with Crippen molar-refractivity contribution in [1.29, 1.82) is 0 Å². The van der Waals surface area contributed by atoms with Crippen LogP contribution in [0.15, 0.2) is 48.7 Å². The molecule has 1 saturated heterocycles. The molecular formula is C21H26N4O3. The molecule has 1 aliphatic heterocycles. The Kier molecular flexibility index (Phi) is 6.47. The highest BCUT2D eigenvalue weighted by molar-refractivity contribution is 5.95. The highest BCUT2D eigenvalue weighted by Gasteiger charge is 2.25. The third kappa shape index (κ3) is 5.22. The second-order valence-electron chi connectivity index (χ2n) is 7.05. The number of nitrogens with zero attached hydrogens (tertiary/aromatic N) is 2. The van der Waals surface area contributed by atoms with Crippen LogP contribution >= 0.6 is 0 Å². The van der Waals surface area contributed by atoms with E-state index in [0.29, 0.717) is 24.5 Å². The number of carbonyl (C=O) groups is 2. The summed E-state index contributed by atoms with van der Waals surface area (Å²) in [5, 5.41) is 5.85. The van der Waals surface area contributed by atoms with Gasteiger partial charge in [0.25, 0.3) is 0 Å². The number of anilines is 2. The van der Waals surface area contributed by atoms with E-state index >= 15 is 0 Å². The van der Waals surface area contributed by atoms with Crippen LogP contribution in [0.1, 0.15) is 37.0 Å². The second-order valence-corrected chi connectivity index (χ2v) is 7.05. The summed E-state index contributed by atoms with van der Waals surface area (Å²) in [5.74, 6) is 0.279. The number of hydrogen-bond donors (Lipinski definition) is 2. The van der Waals surface area contributed by atoms with Crippen LogP contribution < -0.4 is 15.5 Å². The van der Waals surface area contributed by atoms with Crippen molar-refractivity contribution in [1.82, 2.24) is 10.3 Å². The van der Waals surface area contributed by atoms with Crippen LogP contribution in [0.4, 0.5) is 16.3 Å². The molecule has 0 unspecified atom stereocenters. The molecule has 1 aromatic carbocycles. The third-order valence-electron chi connectivity index (χ3n) is 4.51. The average molecular weight is 382 g/mol. The number of carbonyl (C=O) groups excluding carboxylic acids is 2. The normalized spacial score (nSPS) is 14.6. The van der Waals surface area contributed by atoms with Crippen LogP contribution in [0.2, 0.25) is 0 Å². The lowest BCUT2D eigenvalue weighted by atomic mass is 10.0. The van der Waals surface area contributed by atoms with Gasteiger partial charge in [0.2, 0.25) is 0 Å². The number of benzene rings is 1. The Morgan fingerprint density at radius 2 is 1.82 bits per heavy atom. The first-order valence-corrected chi connectivity index (χ1v) is 9.56. The molecule has 1 aliphatic rings. The van der Waals surface area contributed by atoms with Gasteiger partial charge in [-0.3, -0.25) is 0 Å². The van der Waals surface area contributed by atoms with Gasteiger partial charge in [-0.15, -0.1) is 0 Å². The molecule has 0 aliphatic carbocycles. The summed E-state index contributed by atoms with van der Waals surface area (Å²) in [6.45, 7) is 5.06. The van der Waals surface area contributed by atoms with Crippen molar-refractivity contribution in [3.05, 3.63) is 54.2 Å². The molecule has 0 radical (unpaired) electrons. The molecule has 28 heavy (non-hydrogen) atoms. The van der Waals surface area contributed by atoms with Crippen LogP contribution in [-0.2, 0) is 4.74 Å². The van der Waals surface area contributed by atoms with Crippen LogP contribution in [0.5, 0.6) is 0 Å². The maximum Gasteiger partial charge on any atom is 0.342 e. The van der Waals surface area contributed by atoms with E-state index in [1.54, 1.807) is 18.3 Å². The molecule has 0 saturated carbocycles. The molecule has 2 amide bonds. The molecule has 7 nitrogen and oxygen atoms in total. The molecule has 148 valence electrons. The summed E-state index contributed by atoms with van der Waals surface area (Å²) in [6.07, 6.45) is 3.05. The minimum Gasteiger partial charge on any atom is -0.459 e. The van der Waals surface area contributed by atoms with Crippen molar-refractivity contribution in [2.24, 2.45) is 0 Å². The first-order valence-electron chi connectivity index (χ1n) is 9.56. The first kappa shape index (κ1) is 19.7. The molecule has 0 bridgehead atoms. The number of rotatable bonds is 5. The lowest BCUT2D eigenvalue weighted by Gasteiger charge is -2.33. The largest absolute Gasteiger partial charge is 0.459 e. The topological polar surface area (TPSA) is 83.6 Å². The van der Waals surface area contributed by atoms with E-state index in [1.165, 1.54) is 0 Å². The molecule has 7 heteroatoms. The van der Waals surface area contributed by atoms with Crippen LogP contribution in [0, 0.1) is 0 Å². The molecular weight excluding hydrogens is 356 g/mol. The quantitative estimate of drug-likeness (QED) is 0.774. The summed E-state index contributed by atoms with van der Waals surface area (Å²) in [6, 6.07) is 12.7. The Bertz CT molecular complexity index is 802. The van der Waals surface area contributed by atoms with Crippen molar-refractivity contribution in [3.63, 3.8) is 0 Å². The third-order valence-corrected chi connectivity index (χ3v) is 4.51. The van der Waals surface area contributed by atoms with Gasteiger partial charge < -0.3 is 20.3 Å². The molecule has 2 N–H and O–H groups in total. The average Bonchev–Trinajstić information content (AvgIpc) is 2.69. The summed E-state index contributed by atoms with van der Waals surface area (Å²) in [7, 11) is 0. The molecule has 0 atom stereocenters. The minimum absolute atomic E-state index is 0.0785. The number of piperidine rings is 1. The van der Waals surface area contributed by atoms with Gasteiger partial charge in [-0.25, -0.2) is 14.6 Å². The van der Waals surface area contributed by atoms with Gasteiger partial charge >= 0.3 is 12.0 Å². The SMILES string of the molecule is CC(C)OC(=O)c1cccnc1N1CCC(NC(=O)Nc2ccccc2)CC1. The number of aromatic nitrogens is 1. The summed E-state index contributed by atoms with van der Waals surface area (Å²) < 4.78 is 5.33. The molecule has 1 aromatic heterocycles. The summed E-state index contributed by atoms with van der Waals surface area (Å²) in [5.41, 5.74) is 1.24. The van der Waals surface area contributed by atoms with Crippen LogP contribution in [-0.4, -0.2) is 42.2 Å². The molecule has 1 fully saturated rings. The highest BCUT2D eigenvalue weighted by Crippen LogP contribution is 2.23. The van der Waals surface area contributed by atoms with Gasteiger partial charge in [-0.2, -0.15) is 0 Å². The van der Waals surface area contributed by atoms with E-state index in [0.717, 1.165) is 18.5 Å². The predicted octanol–water partition coefficient (Wildman–Crippen LogP) is 3.44. The van der Waals surface area contributed by atoms with E-state index < -0.39 is 0 Å². The standard InChI is InChI=1S/C21H26N4O3/c1-15(2)28-20(26)18-9-6-12-22-19(18)25-13-10-17(11-14-25)24-21(27)23-16-7-4-3-5-8-16/h3-9,12,15,17H,10-11,13-14H2,1-2H3,(H2,23,24,27). The van der Waals surface area contributed by atoms with Crippen molar-refractivity contribution in [3.8, 4) is 0 Å². The fraction of sp³-hybridized carbons (Fsp3) is 0.381. The van der Waals surface area contributed by atoms with E-state index in [4.69, 9.17) is 4.74 Å². The van der Waals surface area contributed by atoms with E-state index in [9.17, 15) is 9.59 Å². The van der Waals surface area contributed by atoms with E-state index in [-0.39, 0.29) is 24.1 Å². The monoisotopic (exact) mass is 382 g/mol. The number of ether oxygens (including phenoxy) is 1. The maximum atomic E-state index is 12.3. The number of urea groups is 1. The van der Waals surface area contributed by atoms with E-state index in [1.807, 2.05) is 44.2 Å². The van der Waals surface area contributed by atoms with Gasteiger partial charge in [0, 0.05) is 31.0 Å². The highest BCUT2D eigenvalue weighted by atomic mass is 16.5. The second kappa shape index (κ2) is 9.21. The van der Waals surface area contributed by atoms with Crippen molar-refractivity contribution in [2.45, 2.75) is 38.8 Å². The number of hydrogen-bond acceptors (Lipinski definition) is 5. The number of esters is 1. The van der Waals surface area contributed by atoms with Gasteiger partial charge in [-0.05, 0) is 51.0 Å². The lowest BCUT2D eigenvalue weighted by Crippen LogP contribution is -2.46. The van der Waals surface area contributed by atoms with Gasteiger partial charge in [0.15, 0.2) is 0 Å². The number of para-hydroxylation sites is 1. The Hall–Kier alpha value is -3.09. The molecule has 0 spiro atoms. The van der Waals surface area contributed by atoms with Crippen LogP contribution in [0.3, 0.4) is 0 Å². The zero-order valence-electron chi connectivity index (χ0n) is 16.2. The Balaban J connectivity index is 1.56. The van der Waals surface area contributed by atoms with Gasteiger partial charge in [0.05, 0.1) is 6.10 Å². The molecule has 2 heterocycles. The van der Waals surface area contributed by atoms with Gasteiger partial charge in [-0.1, -0.05) is 18.2 Å². The van der Waals surface area contributed by atoms with Crippen molar-refractivity contribution < 1.29 is 14.3 Å². The number of pyridine rings is 1. The first-order chi connectivity index (χ1) is 13.5. The maximum absolute atomic E-state index is 12.3. The van der Waals surface area contributed by atoms with Gasteiger partial charge in [0.1, 0.15) is 11.4 Å². The fourth-order valence-corrected chi connectivity index (χ4v) is 3.20. The predicted molar refractivity (Wildman–Crippen MR) is 109 cm³/mol. The number of nitrogens with one attached hydrogen (secondary N) is 2. The number of amides is 2. The zero-order valence-corrected chi connectivity index (χ0v) is 16.2. The van der Waals surface area contributed by atoms with E-state index in [2.05, 4.69) is 20.5 Å². The van der Waals surface area contributed by atoms with Crippen LogP contribution in [0.25, 0.3) is 0 Å². The minimum atomic E-state index is -0.361. The summed E-state index contributed by atoms with van der Waals surface area (Å²) in [4.78, 5) is 31.0. The Morgan fingerprint density at radius 1 is 1.11 bits per heavy atom. The molecule has 2 aromatic rings. The molecule has 3 rings (SSSR count). The Morgan fingerprint density at radius 3 is 2.50 bits per heavy atom. The fourth-order valence-electron chi connectivity index (χ4n) is 3.20. The lowest BCUT2D eigenvalue weighted by molar-refractivity contribution is 0.0378. The van der Waals surface area contributed by atoms with Crippen molar-refractivity contribution >= 4 is 23.5 Å². The summed E-state index contributed by atoms with van der Waals surface area (Å²) >= 11 is 0. The van der Waals surface area contributed by atoms with Crippen molar-refractivity contribution in [2.75, 3.05) is 23.3 Å². The smallest absolute Gasteiger partial charge is 0.342 e.